The van der Waals surface area contributed by atoms with Crippen molar-refractivity contribution in [2.45, 2.75) is 39.5 Å². The predicted molar refractivity (Wildman–Crippen MR) is 100 cm³/mol. The van der Waals surface area contributed by atoms with Crippen molar-refractivity contribution in [2.24, 2.45) is 5.92 Å². The molecular formula is C22H26O. The molecule has 0 atom stereocenters. The van der Waals surface area contributed by atoms with Crippen LogP contribution in [0.1, 0.15) is 39.5 Å². The van der Waals surface area contributed by atoms with Crippen LogP contribution in [0.3, 0.4) is 0 Å². The zero-order valence-corrected chi connectivity index (χ0v) is 14.2. The van der Waals surface area contributed by atoms with Crippen LogP contribution < -0.4 is 4.74 Å². The Hall–Kier alpha value is -2.02. The van der Waals surface area contributed by atoms with Crippen molar-refractivity contribution in [2.75, 3.05) is 6.61 Å². The van der Waals surface area contributed by atoms with Gasteiger partial charge in [-0.3, -0.25) is 0 Å². The van der Waals surface area contributed by atoms with Crippen LogP contribution >= 0.6 is 0 Å². The van der Waals surface area contributed by atoms with E-state index < -0.39 is 0 Å². The Kier molecular flexibility index (Phi) is 5.17. The van der Waals surface area contributed by atoms with Gasteiger partial charge in [-0.15, -0.1) is 0 Å². The summed E-state index contributed by atoms with van der Waals surface area (Å²) in [6.07, 6.45) is 5.02. The third-order valence-electron chi connectivity index (χ3n) is 4.39. The molecule has 0 aliphatic heterocycles. The van der Waals surface area contributed by atoms with E-state index in [1.54, 1.807) is 0 Å². The third kappa shape index (κ3) is 4.04. The minimum atomic E-state index is 0.808. The van der Waals surface area contributed by atoms with E-state index in [4.69, 9.17) is 4.74 Å². The van der Waals surface area contributed by atoms with E-state index in [1.807, 2.05) is 0 Å². The highest BCUT2D eigenvalue weighted by molar-refractivity contribution is 6.00. The number of unbranched alkanes of at least 4 members (excludes halogenated alkanes) is 2. The Morgan fingerprint density at radius 2 is 1.52 bits per heavy atom. The van der Waals surface area contributed by atoms with Crippen LogP contribution in [0.25, 0.3) is 21.5 Å². The van der Waals surface area contributed by atoms with Gasteiger partial charge < -0.3 is 4.74 Å². The molecule has 0 spiro atoms. The first-order valence-electron chi connectivity index (χ1n) is 8.78. The van der Waals surface area contributed by atoms with Gasteiger partial charge in [-0.1, -0.05) is 69.5 Å². The van der Waals surface area contributed by atoms with Gasteiger partial charge in [0.15, 0.2) is 0 Å². The van der Waals surface area contributed by atoms with E-state index in [9.17, 15) is 0 Å². The average molecular weight is 306 g/mol. The Labute approximate surface area is 139 Å². The molecule has 0 saturated heterocycles. The van der Waals surface area contributed by atoms with Crippen LogP contribution in [0.15, 0.2) is 54.6 Å². The number of benzene rings is 3. The SMILES string of the molecule is CC(C)CCCCCOc1cccc2cc3ccccc3cc12. The molecular weight excluding hydrogens is 280 g/mol. The van der Waals surface area contributed by atoms with Crippen LogP contribution in [-0.2, 0) is 0 Å². The van der Waals surface area contributed by atoms with Gasteiger partial charge in [-0.05, 0) is 46.7 Å². The maximum absolute atomic E-state index is 6.08. The molecule has 1 heteroatoms. The minimum Gasteiger partial charge on any atom is -0.493 e. The number of fused-ring (bicyclic) bond motifs is 2. The Bertz CT molecular complexity index is 773. The first kappa shape index (κ1) is 15.9. The highest BCUT2D eigenvalue weighted by Crippen LogP contribution is 2.30. The van der Waals surface area contributed by atoms with E-state index in [1.165, 1.54) is 40.8 Å². The molecule has 0 radical (unpaired) electrons. The van der Waals surface area contributed by atoms with E-state index in [2.05, 4.69) is 68.4 Å². The molecule has 3 rings (SSSR count). The summed E-state index contributed by atoms with van der Waals surface area (Å²) in [6, 6.07) is 19.3. The van der Waals surface area contributed by atoms with Crippen molar-refractivity contribution < 1.29 is 4.74 Å². The molecule has 0 amide bonds. The van der Waals surface area contributed by atoms with E-state index in [-0.39, 0.29) is 0 Å². The van der Waals surface area contributed by atoms with Gasteiger partial charge in [-0.25, -0.2) is 0 Å². The Balaban J connectivity index is 1.69. The molecule has 0 bridgehead atoms. The van der Waals surface area contributed by atoms with E-state index in [0.717, 1.165) is 24.7 Å². The van der Waals surface area contributed by atoms with Crippen molar-refractivity contribution in [3.63, 3.8) is 0 Å². The smallest absolute Gasteiger partial charge is 0.127 e. The number of rotatable bonds is 7. The minimum absolute atomic E-state index is 0.808. The summed E-state index contributed by atoms with van der Waals surface area (Å²) in [5, 5.41) is 5.02. The monoisotopic (exact) mass is 306 g/mol. The summed E-state index contributed by atoms with van der Waals surface area (Å²) in [5.74, 6) is 1.82. The molecule has 1 nitrogen and oxygen atoms in total. The Morgan fingerprint density at radius 3 is 2.30 bits per heavy atom. The zero-order valence-electron chi connectivity index (χ0n) is 14.2. The summed E-state index contributed by atoms with van der Waals surface area (Å²) in [4.78, 5) is 0. The lowest BCUT2D eigenvalue weighted by Gasteiger charge is -2.11. The lowest BCUT2D eigenvalue weighted by Crippen LogP contribution is -1.98. The van der Waals surface area contributed by atoms with Crippen LogP contribution in [0.2, 0.25) is 0 Å². The second-order valence-corrected chi connectivity index (χ2v) is 6.77. The quantitative estimate of drug-likeness (QED) is 0.353. The summed E-state index contributed by atoms with van der Waals surface area (Å²) >= 11 is 0. The van der Waals surface area contributed by atoms with Gasteiger partial charge in [0.25, 0.3) is 0 Å². The molecule has 0 N–H and O–H groups in total. The fraction of sp³-hybridized carbons (Fsp3) is 0.364. The maximum atomic E-state index is 6.08. The fourth-order valence-electron chi connectivity index (χ4n) is 3.08. The highest BCUT2D eigenvalue weighted by Gasteiger charge is 2.04. The second-order valence-electron chi connectivity index (χ2n) is 6.77. The van der Waals surface area contributed by atoms with Crippen LogP contribution in [0.5, 0.6) is 5.75 Å². The van der Waals surface area contributed by atoms with Crippen molar-refractivity contribution in [1.29, 1.82) is 0 Å². The van der Waals surface area contributed by atoms with E-state index >= 15 is 0 Å². The number of hydrogen-bond acceptors (Lipinski definition) is 1. The van der Waals surface area contributed by atoms with Crippen molar-refractivity contribution in [3.8, 4) is 5.75 Å². The highest BCUT2D eigenvalue weighted by atomic mass is 16.5. The molecule has 120 valence electrons. The molecule has 0 heterocycles. The number of ether oxygens (including phenoxy) is 1. The van der Waals surface area contributed by atoms with Crippen LogP contribution in [-0.4, -0.2) is 6.61 Å². The van der Waals surface area contributed by atoms with Gasteiger partial charge in [0.05, 0.1) is 6.61 Å². The molecule has 3 aromatic carbocycles. The summed E-state index contributed by atoms with van der Waals surface area (Å²) in [7, 11) is 0. The molecule has 23 heavy (non-hydrogen) atoms. The molecule has 0 aromatic heterocycles. The largest absolute Gasteiger partial charge is 0.493 e. The number of hydrogen-bond donors (Lipinski definition) is 0. The summed E-state index contributed by atoms with van der Waals surface area (Å²) in [5.41, 5.74) is 0. The third-order valence-corrected chi connectivity index (χ3v) is 4.39. The first-order chi connectivity index (χ1) is 11.2. The molecule has 0 unspecified atom stereocenters. The van der Waals surface area contributed by atoms with Gasteiger partial charge in [0, 0.05) is 5.39 Å². The van der Waals surface area contributed by atoms with Gasteiger partial charge in [0.1, 0.15) is 5.75 Å². The summed E-state index contributed by atoms with van der Waals surface area (Å²) in [6.45, 7) is 5.39. The average Bonchev–Trinajstić information content (AvgIpc) is 2.56. The molecule has 0 aliphatic carbocycles. The van der Waals surface area contributed by atoms with Crippen LogP contribution in [0.4, 0.5) is 0 Å². The lowest BCUT2D eigenvalue weighted by molar-refractivity contribution is 0.306. The molecule has 3 aromatic rings. The lowest BCUT2D eigenvalue weighted by atomic mass is 10.0. The van der Waals surface area contributed by atoms with Crippen molar-refractivity contribution in [3.05, 3.63) is 54.6 Å². The van der Waals surface area contributed by atoms with Crippen molar-refractivity contribution >= 4 is 21.5 Å². The van der Waals surface area contributed by atoms with E-state index in [0.29, 0.717) is 0 Å². The normalized spacial score (nSPS) is 11.4. The zero-order chi connectivity index (χ0) is 16.1. The topological polar surface area (TPSA) is 9.23 Å². The van der Waals surface area contributed by atoms with Gasteiger partial charge in [-0.2, -0.15) is 0 Å². The maximum Gasteiger partial charge on any atom is 0.127 e. The summed E-state index contributed by atoms with van der Waals surface area (Å²) < 4.78 is 6.08. The second kappa shape index (κ2) is 7.50. The fourth-order valence-corrected chi connectivity index (χ4v) is 3.08. The van der Waals surface area contributed by atoms with Crippen molar-refractivity contribution in [1.82, 2.24) is 0 Å². The molecule has 0 saturated carbocycles. The molecule has 0 aliphatic rings. The van der Waals surface area contributed by atoms with Gasteiger partial charge in [0.2, 0.25) is 0 Å². The standard InChI is InChI=1S/C22H26O/c1-17(2)9-4-3-7-14-23-22-13-8-12-20-15-18-10-5-6-11-19(18)16-21(20)22/h5-6,8,10-13,15-17H,3-4,7,9,14H2,1-2H3. The van der Waals surface area contributed by atoms with Gasteiger partial charge >= 0.3 is 0 Å². The molecule has 0 fully saturated rings. The van der Waals surface area contributed by atoms with Crippen LogP contribution in [0, 0.1) is 5.92 Å². The first-order valence-corrected chi connectivity index (χ1v) is 8.78. The Morgan fingerprint density at radius 1 is 0.783 bits per heavy atom. The predicted octanol–water partition coefficient (Wildman–Crippen LogP) is 6.59.